The number of sulfonamides is 1. The lowest BCUT2D eigenvalue weighted by atomic mass is 10.3. The maximum Gasteiger partial charge on any atom is 0.241 e. The van der Waals surface area contributed by atoms with E-state index in [1.807, 2.05) is 13.0 Å². The molecule has 0 radical (unpaired) electrons. The highest BCUT2D eigenvalue weighted by molar-refractivity contribution is 7.89. The molecular weight excluding hydrogens is 384 g/mol. The normalized spacial score (nSPS) is 16.8. The van der Waals surface area contributed by atoms with Gasteiger partial charge in [-0.1, -0.05) is 0 Å². The lowest BCUT2D eigenvalue weighted by Crippen LogP contribution is -2.37. The summed E-state index contributed by atoms with van der Waals surface area (Å²) < 4.78 is 44.2. The summed E-state index contributed by atoms with van der Waals surface area (Å²) >= 11 is 0. The maximum absolute atomic E-state index is 12.7. The topological polar surface area (TPSA) is 103 Å². The minimum atomic E-state index is -3.74. The van der Waals surface area contributed by atoms with Crippen LogP contribution in [0.25, 0.3) is 0 Å². The summed E-state index contributed by atoms with van der Waals surface area (Å²) in [7, 11) is -3.74. The summed E-state index contributed by atoms with van der Waals surface area (Å²) in [5.41, 5.74) is 0.782. The van der Waals surface area contributed by atoms with Gasteiger partial charge in [-0.3, -0.25) is 0 Å². The minimum Gasteiger partial charge on any atom is -0.486 e. The van der Waals surface area contributed by atoms with Gasteiger partial charge < -0.3 is 19.1 Å². The molecule has 2 aliphatic rings. The van der Waals surface area contributed by atoms with E-state index in [1.54, 1.807) is 6.07 Å². The predicted octanol–water partition coefficient (Wildman–Crippen LogP) is 0.871. The molecule has 1 fully saturated rings. The summed E-state index contributed by atoms with van der Waals surface area (Å²) in [5.74, 6) is 2.17. The maximum atomic E-state index is 12.7. The number of aromatic nitrogens is 2. The number of nitrogens with zero attached hydrogens (tertiary/aromatic N) is 3. The lowest BCUT2D eigenvalue weighted by Gasteiger charge is -2.28. The predicted molar refractivity (Wildman–Crippen MR) is 101 cm³/mol. The highest BCUT2D eigenvalue weighted by atomic mass is 32.2. The molecule has 4 rings (SSSR count). The SMILES string of the molecule is Cc1cc(N2CCOCC2)nc(CNS(=O)(=O)c2ccc3c(c2)OCCO3)n1. The summed E-state index contributed by atoms with van der Waals surface area (Å²) in [6.07, 6.45) is 0. The van der Waals surface area contributed by atoms with Gasteiger partial charge in [-0.25, -0.2) is 23.1 Å². The van der Waals surface area contributed by atoms with Gasteiger partial charge in [-0.2, -0.15) is 0 Å². The second-order valence-corrected chi connectivity index (χ2v) is 8.28. The van der Waals surface area contributed by atoms with Gasteiger partial charge in [0.1, 0.15) is 24.9 Å². The molecule has 0 aliphatic carbocycles. The monoisotopic (exact) mass is 406 g/mol. The van der Waals surface area contributed by atoms with Crippen LogP contribution in [0, 0.1) is 6.92 Å². The van der Waals surface area contributed by atoms with Crippen LogP contribution >= 0.6 is 0 Å². The van der Waals surface area contributed by atoms with Crippen LogP contribution in [-0.4, -0.2) is 57.9 Å². The molecule has 1 aromatic heterocycles. The Labute approximate surface area is 163 Å². The van der Waals surface area contributed by atoms with Crippen molar-refractivity contribution >= 4 is 15.8 Å². The number of morpholine rings is 1. The molecule has 3 heterocycles. The molecule has 10 heteroatoms. The van der Waals surface area contributed by atoms with Crippen molar-refractivity contribution in [2.24, 2.45) is 0 Å². The van der Waals surface area contributed by atoms with Crippen LogP contribution in [0.5, 0.6) is 11.5 Å². The Morgan fingerprint density at radius 2 is 1.79 bits per heavy atom. The minimum absolute atomic E-state index is 0.00417. The van der Waals surface area contributed by atoms with E-state index in [0.717, 1.165) is 24.6 Å². The molecule has 0 saturated carbocycles. The quantitative estimate of drug-likeness (QED) is 0.780. The number of aryl methyl sites for hydroxylation is 1. The number of fused-ring (bicyclic) bond motifs is 1. The van der Waals surface area contributed by atoms with E-state index in [9.17, 15) is 8.42 Å². The third-order valence-corrected chi connectivity index (χ3v) is 5.87. The van der Waals surface area contributed by atoms with Gasteiger partial charge in [0.2, 0.25) is 10.0 Å². The van der Waals surface area contributed by atoms with Crippen molar-refractivity contribution in [3.8, 4) is 11.5 Å². The molecule has 150 valence electrons. The van der Waals surface area contributed by atoms with Crippen LogP contribution in [0.4, 0.5) is 5.82 Å². The summed E-state index contributed by atoms with van der Waals surface area (Å²) in [6, 6.07) is 6.45. The Kier molecular flexibility index (Phi) is 5.33. The standard InChI is InChI=1S/C18H22N4O5S/c1-13-10-18(22-4-6-25-7-5-22)21-17(20-13)12-19-28(23,24)14-2-3-15-16(11-14)27-9-8-26-15/h2-3,10-11,19H,4-9,12H2,1H3. The molecule has 0 spiro atoms. The highest BCUT2D eigenvalue weighted by Crippen LogP contribution is 2.32. The average Bonchev–Trinajstić information content (AvgIpc) is 2.72. The van der Waals surface area contributed by atoms with Gasteiger partial charge in [0.05, 0.1) is 24.7 Å². The van der Waals surface area contributed by atoms with Crippen LogP contribution < -0.4 is 19.1 Å². The van der Waals surface area contributed by atoms with Crippen LogP contribution in [-0.2, 0) is 21.3 Å². The number of ether oxygens (including phenoxy) is 3. The van der Waals surface area contributed by atoms with Gasteiger partial charge in [-0.05, 0) is 19.1 Å². The molecule has 1 aromatic carbocycles. The fourth-order valence-corrected chi connectivity index (χ4v) is 4.07. The van der Waals surface area contributed by atoms with E-state index in [-0.39, 0.29) is 11.4 Å². The van der Waals surface area contributed by atoms with Crippen molar-refractivity contribution in [3.05, 3.63) is 35.8 Å². The molecule has 9 nitrogen and oxygen atoms in total. The van der Waals surface area contributed by atoms with Crippen molar-refractivity contribution in [2.75, 3.05) is 44.4 Å². The summed E-state index contributed by atoms with van der Waals surface area (Å²) in [6.45, 7) is 5.50. The van der Waals surface area contributed by atoms with Gasteiger partial charge >= 0.3 is 0 Å². The zero-order valence-corrected chi connectivity index (χ0v) is 16.4. The molecular formula is C18H22N4O5S. The molecule has 1 N–H and O–H groups in total. The molecule has 28 heavy (non-hydrogen) atoms. The Morgan fingerprint density at radius 3 is 2.57 bits per heavy atom. The van der Waals surface area contributed by atoms with Crippen LogP contribution in [0.1, 0.15) is 11.5 Å². The van der Waals surface area contributed by atoms with Gasteiger partial charge in [0, 0.05) is 30.9 Å². The number of hydrogen-bond acceptors (Lipinski definition) is 8. The van der Waals surface area contributed by atoms with Crippen molar-refractivity contribution in [1.82, 2.24) is 14.7 Å². The van der Waals surface area contributed by atoms with E-state index < -0.39 is 10.0 Å². The number of hydrogen-bond donors (Lipinski definition) is 1. The van der Waals surface area contributed by atoms with E-state index in [0.29, 0.717) is 43.8 Å². The van der Waals surface area contributed by atoms with Gasteiger partial charge in [0.25, 0.3) is 0 Å². The first-order chi connectivity index (χ1) is 13.5. The molecule has 0 atom stereocenters. The number of anilines is 1. The molecule has 0 bridgehead atoms. The molecule has 2 aliphatic heterocycles. The summed E-state index contributed by atoms with van der Waals surface area (Å²) in [5, 5.41) is 0. The van der Waals surface area contributed by atoms with Crippen LogP contribution in [0.15, 0.2) is 29.2 Å². The van der Waals surface area contributed by atoms with E-state index in [1.165, 1.54) is 12.1 Å². The molecule has 2 aromatic rings. The van der Waals surface area contributed by atoms with Crippen molar-refractivity contribution in [2.45, 2.75) is 18.4 Å². The van der Waals surface area contributed by atoms with Crippen molar-refractivity contribution in [3.63, 3.8) is 0 Å². The average molecular weight is 406 g/mol. The molecule has 1 saturated heterocycles. The zero-order valence-electron chi connectivity index (χ0n) is 15.6. The third-order valence-electron chi connectivity index (χ3n) is 4.47. The Hall–Kier alpha value is -2.43. The molecule has 0 amide bonds. The molecule has 0 unspecified atom stereocenters. The van der Waals surface area contributed by atoms with Crippen LogP contribution in [0.2, 0.25) is 0 Å². The van der Waals surface area contributed by atoms with Crippen LogP contribution in [0.3, 0.4) is 0 Å². The number of nitrogens with one attached hydrogen (secondary N) is 1. The van der Waals surface area contributed by atoms with Crippen molar-refractivity contribution in [1.29, 1.82) is 0 Å². The number of rotatable bonds is 5. The summed E-state index contributed by atoms with van der Waals surface area (Å²) in [4.78, 5) is 11.1. The Morgan fingerprint density at radius 1 is 1.04 bits per heavy atom. The first-order valence-corrected chi connectivity index (χ1v) is 10.6. The van der Waals surface area contributed by atoms with Crippen molar-refractivity contribution < 1.29 is 22.6 Å². The first kappa shape index (κ1) is 18.9. The first-order valence-electron chi connectivity index (χ1n) is 9.08. The van der Waals surface area contributed by atoms with E-state index in [4.69, 9.17) is 14.2 Å². The highest BCUT2D eigenvalue weighted by Gasteiger charge is 2.20. The van der Waals surface area contributed by atoms with Gasteiger partial charge in [0.15, 0.2) is 11.5 Å². The van der Waals surface area contributed by atoms with E-state index in [2.05, 4.69) is 19.6 Å². The largest absolute Gasteiger partial charge is 0.486 e. The lowest BCUT2D eigenvalue weighted by molar-refractivity contribution is 0.122. The number of benzene rings is 1. The third kappa shape index (κ3) is 4.18. The Balaban J connectivity index is 1.49. The van der Waals surface area contributed by atoms with E-state index >= 15 is 0 Å². The second-order valence-electron chi connectivity index (χ2n) is 6.51. The fourth-order valence-electron chi connectivity index (χ4n) is 3.08. The second kappa shape index (κ2) is 7.90. The van der Waals surface area contributed by atoms with Gasteiger partial charge in [-0.15, -0.1) is 0 Å². The Bertz CT molecular complexity index is 960. The fraction of sp³-hybridized carbons (Fsp3) is 0.444. The smallest absolute Gasteiger partial charge is 0.241 e. The zero-order chi connectivity index (χ0) is 19.6.